The molecular formula is C17H16N4O2. The van der Waals surface area contributed by atoms with Crippen LogP contribution in [0.4, 0.5) is 0 Å². The van der Waals surface area contributed by atoms with Gasteiger partial charge in [0, 0.05) is 31.2 Å². The fourth-order valence-electron chi connectivity index (χ4n) is 2.08. The average molecular weight is 308 g/mol. The summed E-state index contributed by atoms with van der Waals surface area (Å²) >= 11 is 0. The third-order valence-electron chi connectivity index (χ3n) is 3.29. The van der Waals surface area contributed by atoms with Gasteiger partial charge in [-0.05, 0) is 36.8 Å². The molecule has 0 fully saturated rings. The number of aryl methyl sites for hydroxylation is 1. The molecule has 6 heteroatoms. The van der Waals surface area contributed by atoms with Gasteiger partial charge in [0.25, 0.3) is 0 Å². The van der Waals surface area contributed by atoms with E-state index in [0.717, 1.165) is 17.2 Å². The minimum Gasteiger partial charge on any atom is -0.465 e. The van der Waals surface area contributed by atoms with Crippen molar-refractivity contribution in [2.75, 3.05) is 0 Å². The van der Waals surface area contributed by atoms with Crippen LogP contribution in [-0.2, 0) is 11.3 Å². The molecule has 1 amide bonds. The molecule has 0 saturated heterocycles. The third-order valence-corrected chi connectivity index (χ3v) is 3.29. The minimum atomic E-state index is -0.184. The number of nitrogens with one attached hydrogen (secondary N) is 1. The first-order valence-electron chi connectivity index (χ1n) is 7.17. The number of pyridine rings is 1. The smallest absolute Gasteiger partial charge is 0.244 e. The van der Waals surface area contributed by atoms with E-state index < -0.39 is 0 Å². The molecule has 0 aliphatic heterocycles. The number of rotatable bonds is 5. The first-order chi connectivity index (χ1) is 11.2. The highest BCUT2D eigenvalue weighted by Gasteiger charge is 2.02. The number of carbonyl (C=O) groups is 1. The molecule has 6 nitrogen and oxygen atoms in total. The molecule has 3 heterocycles. The van der Waals surface area contributed by atoms with E-state index in [0.29, 0.717) is 12.3 Å². The zero-order valence-electron chi connectivity index (χ0n) is 12.6. The summed E-state index contributed by atoms with van der Waals surface area (Å²) in [6, 6.07) is 7.38. The molecule has 0 unspecified atom stereocenters. The van der Waals surface area contributed by atoms with Crippen LogP contribution < -0.4 is 5.32 Å². The summed E-state index contributed by atoms with van der Waals surface area (Å²) in [5.41, 5.74) is 0.922. The highest BCUT2D eigenvalue weighted by atomic mass is 16.3. The summed E-state index contributed by atoms with van der Waals surface area (Å²) in [6.45, 7) is 2.33. The Morgan fingerprint density at radius 2 is 2.26 bits per heavy atom. The Hall–Kier alpha value is -3.15. The summed E-state index contributed by atoms with van der Waals surface area (Å²) in [6.07, 6.45) is 9.96. The average Bonchev–Trinajstić information content (AvgIpc) is 3.23. The molecule has 0 spiro atoms. The molecule has 3 rings (SSSR count). The van der Waals surface area contributed by atoms with Crippen LogP contribution in [0.5, 0.6) is 0 Å². The molecule has 3 aromatic rings. The van der Waals surface area contributed by atoms with Gasteiger partial charge in [-0.2, -0.15) is 0 Å². The molecule has 0 radical (unpaired) electrons. The van der Waals surface area contributed by atoms with E-state index in [-0.39, 0.29) is 5.91 Å². The maximum Gasteiger partial charge on any atom is 0.244 e. The van der Waals surface area contributed by atoms with Gasteiger partial charge < -0.3 is 9.73 Å². The summed E-state index contributed by atoms with van der Waals surface area (Å²) in [5, 5.41) is 2.80. The second kappa shape index (κ2) is 6.74. The fourth-order valence-corrected chi connectivity index (χ4v) is 2.08. The molecular weight excluding hydrogens is 292 g/mol. The SMILES string of the molecule is Cc1nccn1-c1ccc(CNC(=O)C=Cc2ccco2)cn1. The van der Waals surface area contributed by atoms with Gasteiger partial charge in [0.05, 0.1) is 6.26 Å². The Morgan fingerprint density at radius 1 is 1.35 bits per heavy atom. The van der Waals surface area contributed by atoms with Crippen LogP contribution in [0.2, 0.25) is 0 Å². The van der Waals surface area contributed by atoms with E-state index in [4.69, 9.17) is 4.42 Å². The van der Waals surface area contributed by atoms with Gasteiger partial charge in [-0.15, -0.1) is 0 Å². The molecule has 0 bridgehead atoms. The zero-order valence-corrected chi connectivity index (χ0v) is 12.6. The quantitative estimate of drug-likeness (QED) is 0.735. The standard InChI is InChI=1S/C17H16N4O2/c1-13-18-8-9-21(13)16-6-4-14(11-19-16)12-20-17(22)7-5-15-3-2-10-23-15/h2-11H,12H2,1H3,(H,20,22). The van der Waals surface area contributed by atoms with Gasteiger partial charge in [0.2, 0.25) is 5.91 Å². The molecule has 0 atom stereocenters. The van der Waals surface area contributed by atoms with E-state index in [9.17, 15) is 4.79 Å². The lowest BCUT2D eigenvalue weighted by Crippen LogP contribution is -2.20. The molecule has 23 heavy (non-hydrogen) atoms. The number of hydrogen-bond acceptors (Lipinski definition) is 4. The van der Waals surface area contributed by atoms with E-state index >= 15 is 0 Å². The molecule has 1 N–H and O–H groups in total. The lowest BCUT2D eigenvalue weighted by molar-refractivity contribution is -0.116. The van der Waals surface area contributed by atoms with Crippen LogP contribution in [-0.4, -0.2) is 20.4 Å². The normalized spacial score (nSPS) is 11.0. The zero-order chi connectivity index (χ0) is 16.1. The Bertz CT molecular complexity index is 802. The second-order valence-corrected chi connectivity index (χ2v) is 4.94. The molecule has 0 aromatic carbocycles. The maximum absolute atomic E-state index is 11.7. The Balaban J connectivity index is 1.56. The Labute approximate surface area is 133 Å². The summed E-state index contributed by atoms with van der Waals surface area (Å²) < 4.78 is 7.02. The van der Waals surface area contributed by atoms with E-state index in [1.54, 1.807) is 36.9 Å². The van der Waals surface area contributed by atoms with Gasteiger partial charge >= 0.3 is 0 Å². The van der Waals surface area contributed by atoms with Crippen molar-refractivity contribution in [3.05, 3.63) is 72.3 Å². The Morgan fingerprint density at radius 3 is 2.91 bits per heavy atom. The molecule has 116 valence electrons. The van der Waals surface area contributed by atoms with Crippen LogP contribution in [0.15, 0.2) is 59.6 Å². The van der Waals surface area contributed by atoms with E-state index in [2.05, 4.69) is 15.3 Å². The van der Waals surface area contributed by atoms with Crippen LogP contribution >= 0.6 is 0 Å². The van der Waals surface area contributed by atoms with Gasteiger partial charge in [-0.1, -0.05) is 6.07 Å². The number of hydrogen-bond donors (Lipinski definition) is 1. The van der Waals surface area contributed by atoms with Crippen LogP contribution in [0.1, 0.15) is 17.1 Å². The van der Waals surface area contributed by atoms with Crippen molar-refractivity contribution in [2.45, 2.75) is 13.5 Å². The number of furan rings is 1. The van der Waals surface area contributed by atoms with Crippen molar-refractivity contribution in [1.82, 2.24) is 19.9 Å². The monoisotopic (exact) mass is 308 g/mol. The van der Waals surface area contributed by atoms with Crippen LogP contribution in [0, 0.1) is 6.92 Å². The fraction of sp³-hybridized carbons (Fsp3) is 0.118. The molecule has 0 saturated carbocycles. The maximum atomic E-state index is 11.7. The highest BCUT2D eigenvalue weighted by molar-refractivity contribution is 5.91. The van der Waals surface area contributed by atoms with Crippen molar-refractivity contribution in [3.8, 4) is 5.82 Å². The number of nitrogens with zero attached hydrogens (tertiary/aromatic N) is 3. The highest BCUT2D eigenvalue weighted by Crippen LogP contribution is 2.08. The minimum absolute atomic E-state index is 0.184. The first kappa shape index (κ1) is 14.8. The number of aromatic nitrogens is 3. The summed E-state index contributed by atoms with van der Waals surface area (Å²) in [7, 11) is 0. The predicted molar refractivity (Wildman–Crippen MR) is 85.7 cm³/mol. The van der Waals surface area contributed by atoms with Crippen molar-refractivity contribution in [1.29, 1.82) is 0 Å². The molecule has 3 aromatic heterocycles. The van der Waals surface area contributed by atoms with E-state index in [1.165, 1.54) is 6.08 Å². The number of imidazole rings is 1. The largest absolute Gasteiger partial charge is 0.465 e. The summed E-state index contributed by atoms with van der Waals surface area (Å²) in [5.74, 6) is 2.13. The molecule has 0 aliphatic carbocycles. The van der Waals surface area contributed by atoms with Crippen molar-refractivity contribution in [2.24, 2.45) is 0 Å². The van der Waals surface area contributed by atoms with E-state index in [1.807, 2.05) is 29.8 Å². The second-order valence-electron chi connectivity index (χ2n) is 4.94. The lowest BCUT2D eigenvalue weighted by atomic mass is 10.2. The van der Waals surface area contributed by atoms with Crippen molar-refractivity contribution in [3.63, 3.8) is 0 Å². The number of amides is 1. The lowest BCUT2D eigenvalue weighted by Gasteiger charge is -2.06. The van der Waals surface area contributed by atoms with Gasteiger partial charge in [-0.3, -0.25) is 9.36 Å². The van der Waals surface area contributed by atoms with Crippen LogP contribution in [0.3, 0.4) is 0 Å². The topological polar surface area (TPSA) is 73.0 Å². The summed E-state index contributed by atoms with van der Waals surface area (Å²) in [4.78, 5) is 20.3. The van der Waals surface area contributed by atoms with Gasteiger partial charge in [0.1, 0.15) is 17.4 Å². The van der Waals surface area contributed by atoms with Crippen molar-refractivity contribution >= 4 is 12.0 Å². The van der Waals surface area contributed by atoms with Gasteiger partial charge in [0.15, 0.2) is 0 Å². The Kier molecular flexibility index (Phi) is 4.33. The predicted octanol–water partition coefficient (Wildman–Crippen LogP) is 2.50. The number of carbonyl (C=O) groups excluding carboxylic acids is 1. The van der Waals surface area contributed by atoms with Crippen molar-refractivity contribution < 1.29 is 9.21 Å². The molecule has 0 aliphatic rings. The van der Waals surface area contributed by atoms with Crippen LogP contribution in [0.25, 0.3) is 11.9 Å². The third kappa shape index (κ3) is 3.74. The first-order valence-corrected chi connectivity index (χ1v) is 7.17. The van der Waals surface area contributed by atoms with Gasteiger partial charge in [-0.25, -0.2) is 9.97 Å².